The van der Waals surface area contributed by atoms with Gasteiger partial charge in [0.1, 0.15) is 10.7 Å². The van der Waals surface area contributed by atoms with Crippen molar-refractivity contribution in [1.82, 2.24) is 9.78 Å². The number of aryl methyl sites for hydroxylation is 2. The van der Waals surface area contributed by atoms with Crippen LogP contribution < -0.4 is 11.1 Å². The topological polar surface area (TPSA) is 72.9 Å². The first-order valence-corrected chi connectivity index (χ1v) is 7.14. The lowest BCUT2D eigenvalue weighted by atomic mass is 10.1. The lowest BCUT2D eigenvalue weighted by molar-refractivity contribution is 0.101. The van der Waals surface area contributed by atoms with Gasteiger partial charge in [-0.2, -0.15) is 5.10 Å². The van der Waals surface area contributed by atoms with E-state index in [-0.39, 0.29) is 10.9 Å². The van der Waals surface area contributed by atoms with E-state index in [1.807, 2.05) is 6.92 Å². The van der Waals surface area contributed by atoms with Gasteiger partial charge in [-0.05, 0) is 30.7 Å². The molecule has 0 fully saturated rings. The van der Waals surface area contributed by atoms with E-state index in [1.165, 1.54) is 0 Å². The third-order valence-electron chi connectivity index (χ3n) is 3.02. The monoisotopic (exact) mass is 322 g/mol. The second-order valence-corrected chi connectivity index (χ2v) is 5.38. The summed E-state index contributed by atoms with van der Waals surface area (Å²) >= 11 is 10.9. The quantitative estimate of drug-likeness (QED) is 0.848. The van der Waals surface area contributed by atoms with E-state index in [0.29, 0.717) is 22.0 Å². The Morgan fingerprint density at radius 1 is 1.48 bits per heavy atom. The molecule has 0 aliphatic carbocycles. The molecule has 1 heterocycles. The first-order chi connectivity index (χ1) is 9.92. The molecule has 1 aromatic heterocycles. The summed E-state index contributed by atoms with van der Waals surface area (Å²) in [4.78, 5) is 12.5. The van der Waals surface area contributed by atoms with Crippen LogP contribution in [0.15, 0.2) is 24.3 Å². The number of anilines is 1. The van der Waals surface area contributed by atoms with Crippen molar-refractivity contribution < 1.29 is 4.79 Å². The van der Waals surface area contributed by atoms with Crippen LogP contribution >= 0.6 is 23.8 Å². The van der Waals surface area contributed by atoms with Crippen molar-refractivity contribution >= 4 is 40.4 Å². The van der Waals surface area contributed by atoms with Crippen molar-refractivity contribution in [2.45, 2.75) is 13.3 Å². The molecule has 7 heteroatoms. The Balaban J connectivity index is 2.33. The number of nitrogens with zero attached hydrogens (tertiary/aromatic N) is 2. The highest BCUT2D eigenvalue weighted by Gasteiger charge is 2.15. The van der Waals surface area contributed by atoms with Gasteiger partial charge in [0, 0.05) is 17.6 Å². The number of hydrogen-bond donors (Lipinski definition) is 2. The van der Waals surface area contributed by atoms with Crippen LogP contribution in [0.4, 0.5) is 5.69 Å². The average Bonchev–Trinajstić information content (AvgIpc) is 2.80. The maximum atomic E-state index is 12.4. The van der Waals surface area contributed by atoms with Gasteiger partial charge in [0.05, 0.1) is 11.4 Å². The molecule has 110 valence electrons. The average molecular weight is 323 g/mol. The second-order valence-electron chi connectivity index (χ2n) is 4.51. The Hall–Kier alpha value is -1.92. The number of nitrogens with one attached hydrogen (secondary N) is 1. The van der Waals surface area contributed by atoms with Crippen molar-refractivity contribution in [2.24, 2.45) is 12.8 Å². The van der Waals surface area contributed by atoms with Gasteiger partial charge >= 0.3 is 0 Å². The van der Waals surface area contributed by atoms with E-state index in [4.69, 9.17) is 29.6 Å². The van der Waals surface area contributed by atoms with Gasteiger partial charge in [-0.3, -0.25) is 9.48 Å². The van der Waals surface area contributed by atoms with Gasteiger partial charge in [-0.15, -0.1) is 0 Å². The standard InChI is InChI=1S/C14H15ClN4OS/c1-3-9-7-12(19(2)18-9)14(20)17-11-6-8(15)4-5-10(11)13(16)21/h4-7H,3H2,1-2H3,(H2,16,21)(H,17,20). The number of rotatable bonds is 4. The van der Waals surface area contributed by atoms with Crippen LogP contribution in [0, 0.1) is 0 Å². The van der Waals surface area contributed by atoms with E-state index in [9.17, 15) is 4.79 Å². The van der Waals surface area contributed by atoms with E-state index in [1.54, 1.807) is 36.0 Å². The number of carbonyl (C=O) groups excluding carboxylic acids is 1. The molecule has 0 aliphatic heterocycles. The van der Waals surface area contributed by atoms with Crippen LogP contribution in [0.2, 0.25) is 5.02 Å². The fourth-order valence-electron chi connectivity index (χ4n) is 1.93. The van der Waals surface area contributed by atoms with Crippen LogP contribution in [0.5, 0.6) is 0 Å². The van der Waals surface area contributed by atoms with Crippen molar-refractivity contribution in [3.8, 4) is 0 Å². The lowest BCUT2D eigenvalue weighted by Crippen LogP contribution is -2.19. The molecule has 0 saturated heterocycles. The molecule has 1 amide bonds. The fourth-order valence-corrected chi connectivity index (χ4v) is 2.28. The Bertz CT molecular complexity index is 711. The molecule has 0 bridgehead atoms. The first kappa shape index (κ1) is 15.5. The highest BCUT2D eigenvalue weighted by atomic mass is 35.5. The molecular weight excluding hydrogens is 308 g/mol. The summed E-state index contributed by atoms with van der Waals surface area (Å²) in [6.45, 7) is 1.98. The first-order valence-electron chi connectivity index (χ1n) is 6.36. The van der Waals surface area contributed by atoms with Crippen LogP contribution in [0.25, 0.3) is 0 Å². The molecule has 5 nitrogen and oxygen atoms in total. The molecule has 2 aromatic rings. The number of benzene rings is 1. The highest BCUT2D eigenvalue weighted by molar-refractivity contribution is 7.80. The minimum absolute atomic E-state index is 0.196. The maximum Gasteiger partial charge on any atom is 0.273 e. The molecule has 0 saturated carbocycles. The Morgan fingerprint density at radius 3 is 2.76 bits per heavy atom. The molecular formula is C14H15ClN4OS. The Labute approximate surface area is 133 Å². The summed E-state index contributed by atoms with van der Waals surface area (Å²) in [5, 5.41) is 7.51. The number of hydrogen-bond acceptors (Lipinski definition) is 3. The molecule has 1 aromatic carbocycles. The predicted octanol–water partition coefficient (Wildman–Crippen LogP) is 2.52. The fraction of sp³-hybridized carbons (Fsp3) is 0.214. The van der Waals surface area contributed by atoms with Gasteiger partial charge in [0.25, 0.3) is 5.91 Å². The van der Waals surface area contributed by atoms with Crippen molar-refractivity contribution in [3.63, 3.8) is 0 Å². The molecule has 0 radical (unpaired) electrons. The Morgan fingerprint density at radius 2 is 2.19 bits per heavy atom. The van der Waals surface area contributed by atoms with Crippen LogP contribution in [0.1, 0.15) is 28.7 Å². The van der Waals surface area contributed by atoms with Crippen LogP contribution in [-0.4, -0.2) is 20.7 Å². The summed E-state index contributed by atoms with van der Waals surface area (Å²) in [6, 6.07) is 6.72. The summed E-state index contributed by atoms with van der Waals surface area (Å²) in [7, 11) is 1.72. The Kier molecular flexibility index (Phi) is 4.59. The van der Waals surface area contributed by atoms with Crippen LogP contribution in [0.3, 0.4) is 0 Å². The van der Waals surface area contributed by atoms with Gasteiger partial charge in [0.15, 0.2) is 0 Å². The molecule has 0 spiro atoms. The zero-order chi connectivity index (χ0) is 15.6. The zero-order valence-electron chi connectivity index (χ0n) is 11.7. The largest absolute Gasteiger partial charge is 0.389 e. The summed E-state index contributed by atoms with van der Waals surface area (Å²) in [6.07, 6.45) is 0.760. The molecule has 21 heavy (non-hydrogen) atoms. The summed E-state index contributed by atoms with van der Waals surface area (Å²) in [5.74, 6) is -0.288. The number of amides is 1. The van der Waals surface area contributed by atoms with E-state index in [2.05, 4.69) is 10.4 Å². The molecule has 0 aliphatic rings. The number of thiocarbonyl (C=S) groups is 1. The van der Waals surface area contributed by atoms with Gasteiger partial charge in [-0.1, -0.05) is 30.7 Å². The third-order valence-corrected chi connectivity index (χ3v) is 3.48. The predicted molar refractivity (Wildman–Crippen MR) is 87.9 cm³/mol. The summed E-state index contributed by atoms with van der Waals surface area (Å²) < 4.78 is 1.54. The highest BCUT2D eigenvalue weighted by Crippen LogP contribution is 2.22. The number of carbonyl (C=O) groups is 1. The van der Waals surface area contributed by atoms with Crippen molar-refractivity contribution in [1.29, 1.82) is 0 Å². The minimum atomic E-state index is -0.288. The maximum absolute atomic E-state index is 12.4. The van der Waals surface area contributed by atoms with Crippen molar-refractivity contribution in [2.75, 3.05) is 5.32 Å². The van der Waals surface area contributed by atoms with E-state index >= 15 is 0 Å². The second kappa shape index (κ2) is 6.24. The van der Waals surface area contributed by atoms with Crippen molar-refractivity contribution in [3.05, 3.63) is 46.2 Å². The lowest BCUT2D eigenvalue weighted by Gasteiger charge is -2.10. The smallest absolute Gasteiger partial charge is 0.273 e. The van der Waals surface area contributed by atoms with E-state index in [0.717, 1.165) is 12.1 Å². The van der Waals surface area contributed by atoms with E-state index < -0.39 is 0 Å². The third kappa shape index (κ3) is 3.40. The molecule has 0 atom stereocenters. The number of aromatic nitrogens is 2. The number of halogens is 1. The van der Waals surface area contributed by atoms with Crippen LogP contribution in [-0.2, 0) is 13.5 Å². The number of nitrogens with two attached hydrogens (primary N) is 1. The normalized spacial score (nSPS) is 10.4. The molecule has 0 unspecified atom stereocenters. The molecule has 2 rings (SSSR count). The molecule has 3 N–H and O–H groups in total. The van der Waals surface area contributed by atoms with Gasteiger partial charge < -0.3 is 11.1 Å². The SMILES string of the molecule is CCc1cc(C(=O)Nc2cc(Cl)ccc2C(N)=S)n(C)n1. The minimum Gasteiger partial charge on any atom is -0.389 e. The summed E-state index contributed by atoms with van der Waals surface area (Å²) in [5.41, 5.74) is 8.02. The zero-order valence-corrected chi connectivity index (χ0v) is 13.3. The van der Waals surface area contributed by atoms with Gasteiger partial charge in [0.2, 0.25) is 0 Å². The van der Waals surface area contributed by atoms with Gasteiger partial charge in [-0.25, -0.2) is 0 Å².